The molecule has 8 heteroatoms. The Bertz CT molecular complexity index is 1280. The van der Waals surface area contributed by atoms with Gasteiger partial charge in [-0.15, -0.1) is 0 Å². The van der Waals surface area contributed by atoms with E-state index < -0.39 is 18.0 Å². The molecular formula is C29H32BrN3O4. The summed E-state index contributed by atoms with van der Waals surface area (Å²) in [7, 11) is 1.37. The molecule has 2 N–H and O–H groups in total. The van der Waals surface area contributed by atoms with Crippen LogP contribution in [-0.4, -0.2) is 47.3 Å². The maximum absolute atomic E-state index is 12.9. The Kier molecular flexibility index (Phi) is 7.84. The minimum atomic E-state index is -0.776. The van der Waals surface area contributed by atoms with E-state index in [0.717, 1.165) is 38.6 Å². The van der Waals surface area contributed by atoms with Crippen molar-refractivity contribution >= 4 is 32.8 Å². The van der Waals surface area contributed by atoms with E-state index in [1.54, 1.807) is 4.90 Å². The van der Waals surface area contributed by atoms with Gasteiger partial charge >= 0.3 is 5.97 Å². The van der Waals surface area contributed by atoms with Gasteiger partial charge in [-0.2, -0.15) is 5.26 Å². The van der Waals surface area contributed by atoms with Gasteiger partial charge in [-0.25, -0.2) is 0 Å². The largest absolute Gasteiger partial charge is 0.469 e. The first-order chi connectivity index (χ1) is 18.0. The lowest BCUT2D eigenvalue weighted by molar-refractivity contribution is -0.158. The van der Waals surface area contributed by atoms with E-state index in [1.165, 1.54) is 7.11 Å². The van der Waals surface area contributed by atoms with Crippen molar-refractivity contribution in [2.24, 2.45) is 17.8 Å². The summed E-state index contributed by atoms with van der Waals surface area (Å²) in [6, 6.07) is 16.2. The van der Waals surface area contributed by atoms with Gasteiger partial charge in [0.1, 0.15) is 0 Å². The van der Waals surface area contributed by atoms with Crippen molar-refractivity contribution in [1.82, 2.24) is 9.88 Å². The fourth-order valence-corrected chi connectivity index (χ4v) is 6.43. The molecule has 2 aromatic carbocycles. The molecule has 0 amide bonds. The number of aromatic nitrogens is 1. The van der Waals surface area contributed by atoms with Crippen molar-refractivity contribution in [2.75, 3.05) is 20.2 Å². The molecule has 0 bridgehead atoms. The van der Waals surface area contributed by atoms with Crippen LogP contribution in [0.25, 0.3) is 10.9 Å². The Morgan fingerprint density at radius 3 is 2.76 bits per heavy atom. The summed E-state index contributed by atoms with van der Waals surface area (Å²) < 4.78 is 12.8. The van der Waals surface area contributed by atoms with E-state index in [0.29, 0.717) is 39.0 Å². The van der Waals surface area contributed by atoms with Gasteiger partial charge in [0.2, 0.25) is 0 Å². The minimum Gasteiger partial charge on any atom is -0.469 e. The average molecular weight is 566 g/mol. The molecule has 2 heterocycles. The summed E-state index contributed by atoms with van der Waals surface area (Å²) in [5.74, 6) is -1.18. The van der Waals surface area contributed by atoms with E-state index in [4.69, 9.17) is 9.47 Å². The third-order valence-corrected chi connectivity index (χ3v) is 8.56. The number of rotatable bonds is 4. The SMILES string of the molecule is COC(=O)[C@@H]1C2C[C@@H](OCc3ccc(Br)cc3)c3[nH]c4ccccc4c3CCN(C#N)C[C@@H]2CC[C@@H]1O. The van der Waals surface area contributed by atoms with E-state index >= 15 is 0 Å². The van der Waals surface area contributed by atoms with Crippen LogP contribution >= 0.6 is 15.9 Å². The molecule has 5 rings (SSSR count). The van der Waals surface area contributed by atoms with Gasteiger partial charge in [-0.3, -0.25) is 4.79 Å². The Labute approximate surface area is 225 Å². The van der Waals surface area contributed by atoms with E-state index in [9.17, 15) is 15.2 Å². The molecule has 1 saturated carbocycles. The number of ether oxygens (including phenoxy) is 2. The maximum atomic E-state index is 12.9. The molecular weight excluding hydrogens is 534 g/mol. The van der Waals surface area contributed by atoms with E-state index in [2.05, 4.69) is 39.2 Å². The first-order valence-electron chi connectivity index (χ1n) is 12.8. The van der Waals surface area contributed by atoms with Crippen LogP contribution in [-0.2, 0) is 27.3 Å². The molecule has 1 aliphatic heterocycles. The lowest BCUT2D eigenvalue weighted by Crippen LogP contribution is -2.47. The Hall–Kier alpha value is -2.86. The van der Waals surface area contributed by atoms with Gasteiger partial charge in [-0.1, -0.05) is 46.3 Å². The van der Waals surface area contributed by atoms with Crippen molar-refractivity contribution in [3.05, 3.63) is 69.8 Å². The molecule has 7 nitrogen and oxygen atoms in total. The molecule has 1 aromatic heterocycles. The third-order valence-electron chi connectivity index (χ3n) is 8.04. The minimum absolute atomic E-state index is 0.0665. The van der Waals surface area contributed by atoms with Crippen LogP contribution in [0.1, 0.15) is 42.2 Å². The number of benzene rings is 2. The smallest absolute Gasteiger partial charge is 0.311 e. The Morgan fingerprint density at radius 1 is 1.22 bits per heavy atom. The fourth-order valence-electron chi connectivity index (χ4n) is 6.16. The number of para-hydroxylation sites is 1. The molecule has 0 spiro atoms. The molecule has 1 fully saturated rings. The number of fused-ring (bicyclic) bond motifs is 4. The number of carbonyl (C=O) groups is 1. The number of nitrogens with one attached hydrogen (secondary N) is 1. The van der Waals surface area contributed by atoms with Gasteiger partial charge in [0, 0.05) is 34.2 Å². The van der Waals surface area contributed by atoms with Crippen molar-refractivity contribution in [3.63, 3.8) is 0 Å². The van der Waals surface area contributed by atoms with Gasteiger partial charge in [0.25, 0.3) is 0 Å². The van der Waals surface area contributed by atoms with Crippen LogP contribution in [0.15, 0.2) is 53.0 Å². The lowest BCUT2D eigenvalue weighted by atomic mass is 9.67. The van der Waals surface area contributed by atoms with Crippen molar-refractivity contribution in [1.29, 1.82) is 5.26 Å². The number of hydrogen-bond acceptors (Lipinski definition) is 6. The predicted octanol–water partition coefficient (Wildman–Crippen LogP) is 5.09. The molecule has 0 saturated heterocycles. The molecule has 37 heavy (non-hydrogen) atoms. The standard InChI is InChI=1S/C29H32BrN3O4/c1-36-29(35)27-23-14-26(37-16-18-6-9-20(30)10-7-18)28-22(21-4-2-3-5-24(21)32-28)12-13-33(17-31)15-19(23)8-11-25(27)34/h2-7,9-10,19,23,25-27,32,34H,8,11-16H2,1H3/t19-,23?,25-,26+,27+/m0/s1. The zero-order chi connectivity index (χ0) is 25.9. The van der Waals surface area contributed by atoms with Gasteiger partial charge in [0.05, 0.1) is 31.8 Å². The number of nitriles is 1. The van der Waals surface area contributed by atoms with Gasteiger partial charge in [-0.05, 0) is 66.8 Å². The summed E-state index contributed by atoms with van der Waals surface area (Å²) in [6.45, 7) is 1.55. The number of aliphatic hydroxyl groups excluding tert-OH is 1. The first-order valence-corrected chi connectivity index (χ1v) is 13.6. The number of esters is 1. The summed E-state index contributed by atoms with van der Waals surface area (Å²) in [5, 5.41) is 22.0. The highest BCUT2D eigenvalue weighted by Crippen LogP contribution is 2.44. The predicted molar refractivity (Wildman–Crippen MR) is 143 cm³/mol. The van der Waals surface area contributed by atoms with E-state index in [-0.39, 0.29) is 17.9 Å². The van der Waals surface area contributed by atoms with Crippen LogP contribution in [0.3, 0.4) is 0 Å². The highest BCUT2D eigenvalue weighted by molar-refractivity contribution is 9.10. The second kappa shape index (κ2) is 11.3. The number of H-pyrrole nitrogens is 1. The van der Waals surface area contributed by atoms with Crippen LogP contribution in [0.2, 0.25) is 0 Å². The van der Waals surface area contributed by atoms with Crippen molar-refractivity contribution in [2.45, 2.75) is 44.5 Å². The monoisotopic (exact) mass is 565 g/mol. The number of methoxy groups -OCH3 is 1. The summed E-state index contributed by atoms with van der Waals surface area (Å²) in [4.78, 5) is 18.3. The number of aromatic amines is 1. The molecule has 3 aromatic rings. The lowest BCUT2D eigenvalue weighted by Gasteiger charge is -2.42. The van der Waals surface area contributed by atoms with Crippen LogP contribution < -0.4 is 0 Å². The summed E-state index contributed by atoms with van der Waals surface area (Å²) >= 11 is 3.49. The van der Waals surface area contributed by atoms with Gasteiger partial charge < -0.3 is 24.5 Å². The Balaban J connectivity index is 1.58. The number of carbonyl (C=O) groups excluding carboxylic acids is 1. The first kappa shape index (κ1) is 25.8. The molecule has 0 radical (unpaired) electrons. The van der Waals surface area contributed by atoms with Crippen molar-refractivity contribution < 1.29 is 19.4 Å². The topological polar surface area (TPSA) is 98.6 Å². The van der Waals surface area contributed by atoms with Crippen molar-refractivity contribution in [3.8, 4) is 6.19 Å². The third kappa shape index (κ3) is 5.40. The normalized spacial score (nSPS) is 26.1. The second-order valence-corrected chi connectivity index (χ2v) is 11.1. The molecule has 1 aliphatic carbocycles. The number of halogens is 1. The number of nitrogens with zero attached hydrogens (tertiary/aromatic N) is 2. The van der Waals surface area contributed by atoms with Crippen LogP contribution in [0, 0.1) is 29.2 Å². The highest BCUT2D eigenvalue weighted by atomic mass is 79.9. The van der Waals surface area contributed by atoms with Gasteiger partial charge in [0.15, 0.2) is 6.19 Å². The quantitative estimate of drug-likeness (QED) is 0.337. The Morgan fingerprint density at radius 2 is 2.00 bits per heavy atom. The van der Waals surface area contributed by atoms with E-state index in [1.807, 2.05) is 36.4 Å². The van der Waals surface area contributed by atoms with Crippen LogP contribution in [0.4, 0.5) is 0 Å². The average Bonchev–Trinajstić information content (AvgIpc) is 3.29. The number of aliphatic hydroxyl groups is 1. The van der Waals surface area contributed by atoms with Crippen LogP contribution in [0.5, 0.6) is 0 Å². The summed E-state index contributed by atoms with van der Waals surface area (Å²) in [6.07, 6.45) is 3.79. The summed E-state index contributed by atoms with van der Waals surface area (Å²) in [5.41, 5.74) is 4.21. The molecule has 2 aliphatic rings. The second-order valence-electron chi connectivity index (χ2n) is 10.1. The zero-order valence-corrected chi connectivity index (χ0v) is 22.5. The highest BCUT2D eigenvalue weighted by Gasteiger charge is 2.46. The fraction of sp³-hybridized carbons (Fsp3) is 0.448. The number of hydrogen-bond donors (Lipinski definition) is 2. The molecule has 5 atom stereocenters. The molecule has 1 unspecified atom stereocenters. The molecule has 194 valence electrons. The maximum Gasteiger partial charge on any atom is 0.311 e. The zero-order valence-electron chi connectivity index (χ0n) is 20.9.